The van der Waals surface area contributed by atoms with Gasteiger partial charge in [0.15, 0.2) is 0 Å². The second kappa shape index (κ2) is 6.18. The summed E-state index contributed by atoms with van der Waals surface area (Å²) in [6.45, 7) is 2.67. The highest BCUT2D eigenvalue weighted by Crippen LogP contribution is 2.15. The number of nitrogens with one attached hydrogen (secondary N) is 2. The van der Waals surface area contributed by atoms with E-state index in [9.17, 15) is 14.3 Å². The number of benzene rings is 1. The number of rotatable bonds is 3. The zero-order chi connectivity index (χ0) is 14.5. The molecular weight excluding hydrogens is 261 g/mol. The maximum absolute atomic E-state index is 13.5. The van der Waals surface area contributed by atoms with Gasteiger partial charge in [-0.3, -0.25) is 9.79 Å². The first-order valence-electron chi connectivity index (χ1n) is 6.34. The summed E-state index contributed by atoms with van der Waals surface area (Å²) in [6, 6.07) is 5.85. The van der Waals surface area contributed by atoms with Gasteiger partial charge in [0.25, 0.3) is 5.91 Å². The lowest BCUT2D eigenvalue weighted by atomic mass is 10.1. The minimum atomic E-state index is -0.594. The van der Waals surface area contributed by atoms with E-state index in [4.69, 9.17) is 0 Å². The van der Waals surface area contributed by atoms with Crippen molar-refractivity contribution in [3.8, 4) is 0 Å². The minimum absolute atomic E-state index is 0.0351. The molecule has 1 aliphatic heterocycles. The number of aliphatic hydroxyl groups excluding tert-OH is 1. The Hall–Kier alpha value is -2.37. The summed E-state index contributed by atoms with van der Waals surface area (Å²) in [7, 11) is 0. The van der Waals surface area contributed by atoms with Crippen LogP contribution in [0.15, 0.2) is 40.6 Å². The minimum Gasteiger partial charge on any atom is -0.512 e. The van der Waals surface area contributed by atoms with Crippen LogP contribution in [-0.4, -0.2) is 29.9 Å². The zero-order valence-corrected chi connectivity index (χ0v) is 11.1. The lowest BCUT2D eigenvalue weighted by Gasteiger charge is -2.17. The summed E-state index contributed by atoms with van der Waals surface area (Å²) in [5, 5.41) is 15.1. The molecule has 20 heavy (non-hydrogen) atoms. The molecule has 0 saturated heterocycles. The van der Waals surface area contributed by atoms with E-state index in [0.717, 1.165) is 6.42 Å². The Balaban J connectivity index is 2.23. The SMILES string of the molecule is C/C(O)=C(/C(=O)Nc1ccccc1F)C1=NCCCN1. The molecule has 0 aromatic heterocycles. The van der Waals surface area contributed by atoms with Crippen molar-refractivity contribution in [2.75, 3.05) is 18.4 Å². The molecule has 0 atom stereocenters. The monoisotopic (exact) mass is 277 g/mol. The number of aliphatic imine (C=N–C) groups is 1. The van der Waals surface area contributed by atoms with Gasteiger partial charge in [0, 0.05) is 13.1 Å². The smallest absolute Gasteiger partial charge is 0.262 e. The number of anilines is 1. The number of amidine groups is 1. The summed E-state index contributed by atoms with van der Waals surface area (Å²) >= 11 is 0. The predicted octanol–water partition coefficient (Wildman–Crippen LogP) is 1.99. The molecule has 0 unspecified atom stereocenters. The molecule has 1 heterocycles. The van der Waals surface area contributed by atoms with Crippen LogP contribution in [0, 0.1) is 5.82 Å². The molecule has 0 saturated carbocycles. The van der Waals surface area contributed by atoms with Crippen molar-refractivity contribution in [1.82, 2.24) is 5.32 Å². The highest BCUT2D eigenvalue weighted by molar-refractivity contribution is 6.25. The van der Waals surface area contributed by atoms with E-state index in [1.807, 2.05) is 0 Å². The van der Waals surface area contributed by atoms with Gasteiger partial charge in [0.1, 0.15) is 23.0 Å². The highest BCUT2D eigenvalue weighted by atomic mass is 19.1. The fourth-order valence-corrected chi connectivity index (χ4v) is 1.89. The number of para-hydroxylation sites is 1. The Kier molecular flexibility index (Phi) is 4.34. The number of carbonyl (C=O) groups is 1. The molecule has 1 aliphatic rings. The molecule has 0 fully saturated rings. The largest absolute Gasteiger partial charge is 0.512 e. The number of hydrogen-bond donors (Lipinski definition) is 3. The van der Waals surface area contributed by atoms with Gasteiger partial charge in [-0.05, 0) is 25.5 Å². The van der Waals surface area contributed by atoms with Crippen molar-refractivity contribution in [2.24, 2.45) is 4.99 Å². The van der Waals surface area contributed by atoms with Gasteiger partial charge < -0.3 is 15.7 Å². The van der Waals surface area contributed by atoms with Gasteiger partial charge in [0.05, 0.1) is 5.69 Å². The lowest BCUT2D eigenvalue weighted by Crippen LogP contribution is -2.36. The first kappa shape index (κ1) is 14.0. The van der Waals surface area contributed by atoms with Crippen LogP contribution in [0.2, 0.25) is 0 Å². The third kappa shape index (κ3) is 3.14. The van der Waals surface area contributed by atoms with Gasteiger partial charge in [0.2, 0.25) is 0 Å². The van der Waals surface area contributed by atoms with Gasteiger partial charge >= 0.3 is 0 Å². The normalized spacial score (nSPS) is 15.8. The Labute approximate surface area is 116 Å². The summed E-state index contributed by atoms with van der Waals surface area (Å²) in [6.07, 6.45) is 0.871. The van der Waals surface area contributed by atoms with Crippen LogP contribution in [0.4, 0.5) is 10.1 Å². The van der Waals surface area contributed by atoms with Gasteiger partial charge in [-0.25, -0.2) is 4.39 Å². The van der Waals surface area contributed by atoms with Crippen molar-refractivity contribution >= 4 is 17.4 Å². The predicted molar refractivity (Wildman–Crippen MR) is 75.3 cm³/mol. The first-order valence-corrected chi connectivity index (χ1v) is 6.34. The molecule has 1 aromatic rings. The zero-order valence-electron chi connectivity index (χ0n) is 11.1. The number of halogens is 1. The van der Waals surface area contributed by atoms with Crippen molar-refractivity contribution in [1.29, 1.82) is 0 Å². The van der Waals surface area contributed by atoms with Gasteiger partial charge in [-0.15, -0.1) is 0 Å². The molecule has 106 valence electrons. The number of aliphatic hydroxyl groups is 1. The molecule has 2 rings (SSSR count). The molecule has 0 spiro atoms. The van der Waals surface area contributed by atoms with E-state index in [0.29, 0.717) is 18.9 Å². The van der Waals surface area contributed by atoms with Crippen LogP contribution in [0.1, 0.15) is 13.3 Å². The van der Waals surface area contributed by atoms with Crippen LogP contribution in [0.3, 0.4) is 0 Å². The Morgan fingerprint density at radius 1 is 1.45 bits per heavy atom. The topological polar surface area (TPSA) is 73.7 Å². The molecule has 0 aliphatic carbocycles. The molecule has 1 amide bonds. The van der Waals surface area contributed by atoms with Crippen LogP contribution < -0.4 is 10.6 Å². The second-order valence-corrected chi connectivity index (χ2v) is 4.41. The van der Waals surface area contributed by atoms with E-state index in [2.05, 4.69) is 15.6 Å². The standard InChI is InChI=1S/C14H16FN3O2/c1-9(19)12(13-16-7-4-8-17-13)14(20)18-11-6-3-2-5-10(11)15/h2-3,5-6,19H,4,7-8H2,1H3,(H,16,17)(H,18,20)/b12-9-. The van der Waals surface area contributed by atoms with Crippen molar-refractivity contribution < 1.29 is 14.3 Å². The molecule has 0 bridgehead atoms. The average Bonchev–Trinajstić information content (AvgIpc) is 2.42. The average molecular weight is 277 g/mol. The van der Waals surface area contributed by atoms with Gasteiger partial charge in [-0.1, -0.05) is 12.1 Å². The van der Waals surface area contributed by atoms with E-state index in [1.54, 1.807) is 6.07 Å². The van der Waals surface area contributed by atoms with Crippen molar-refractivity contribution in [2.45, 2.75) is 13.3 Å². The number of carbonyl (C=O) groups excluding carboxylic acids is 1. The van der Waals surface area contributed by atoms with E-state index in [-0.39, 0.29) is 17.0 Å². The van der Waals surface area contributed by atoms with E-state index in [1.165, 1.54) is 25.1 Å². The van der Waals surface area contributed by atoms with Crippen LogP contribution in [0.25, 0.3) is 0 Å². The first-order chi connectivity index (χ1) is 9.59. The van der Waals surface area contributed by atoms with Crippen LogP contribution in [0.5, 0.6) is 0 Å². The number of allylic oxidation sites excluding steroid dienone is 1. The summed E-state index contributed by atoms with van der Waals surface area (Å²) in [4.78, 5) is 16.4. The molecular formula is C14H16FN3O2. The number of nitrogens with zero attached hydrogens (tertiary/aromatic N) is 1. The third-order valence-electron chi connectivity index (χ3n) is 2.84. The molecule has 0 radical (unpaired) electrons. The number of hydrogen-bond acceptors (Lipinski definition) is 4. The molecule has 5 nitrogen and oxygen atoms in total. The molecule has 3 N–H and O–H groups in total. The third-order valence-corrected chi connectivity index (χ3v) is 2.84. The second-order valence-electron chi connectivity index (χ2n) is 4.41. The maximum atomic E-state index is 13.5. The van der Waals surface area contributed by atoms with Crippen molar-refractivity contribution in [3.63, 3.8) is 0 Å². The number of amides is 1. The van der Waals surface area contributed by atoms with Crippen LogP contribution in [-0.2, 0) is 4.79 Å². The summed E-state index contributed by atoms with van der Waals surface area (Å²) in [5.74, 6) is -0.949. The van der Waals surface area contributed by atoms with Gasteiger partial charge in [-0.2, -0.15) is 0 Å². The highest BCUT2D eigenvalue weighted by Gasteiger charge is 2.21. The fraction of sp³-hybridized carbons (Fsp3) is 0.286. The van der Waals surface area contributed by atoms with Crippen LogP contribution >= 0.6 is 0 Å². The summed E-state index contributed by atoms with van der Waals surface area (Å²) < 4.78 is 13.5. The maximum Gasteiger partial charge on any atom is 0.262 e. The molecule has 6 heteroatoms. The van der Waals surface area contributed by atoms with E-state index >= 15 is 0 Å². The Morgan fingerprint density at radius 3 is 2.80 bits per heavy atom. The molecule has 1 aromatic carbocycles. The quantitative estimate of drug-likeness (QED) is 0.584. The van der Waals surface area contributed by atoms with E-state index < -0.39 is 11.7 Å². The lowest BCUT2D eigenvalue weighted by molar-refractivity contribution is -0.112. The Morgan fingerprint density at radius 2 is 2.20 bits per heavy atom. The Bertz CT molecular complexity index is 578. The summed E-state index contributed by atoms with van der Waals surface area (Å²) in [5.41, 5.74) is 0.0978. The van der Waals surface area contributed by atoms with Crippen molar-refractivity contribution in [3.05, 3.63) is 41.4 Å². The fourth-order valence-electron chi connectivity index (χ4n) is 1.89.